The molecule has 3 N–H and O–H groups in total. The van der Waals surface area contributed by atoms with Crippen molar-refractivity contribution < 1.29 is 9.53 Å². The Labute approximate surface area is 178 Å². The summed E-state index contributed by atoms with van der Waals surface area (Å²) in [7, 11) is 0. The summed E-state index contributed by atoms with van der Waals surface area (Å²) < 4.78 is 5.69. The van der Waals surface area contributed by atoms with Crippen molar-refractivity contribution in [1.29, 1.82) is 0 Å². The molecular formula is C22H32N6O2. The molecule has 0 aromatic carbocycles. The third-order valence-electron chi connectivity index (χ3n) is 6.00. The van der Waals surface area contributed by atoms with Crippen molar-refractivity contribution in [3.8, 4) is 6.01 Å². The van der Waals surface area contributed by atoms with Crippen molar-refractivity contribution in [2.45, 2.75) is 32.6 Å². The van der Waals surface area contributed by atoms with Gasteiger partial charge in [0.1, 0.15) is 5.69 Å². The van der Waals surface area contributed by atoms with Crippen molar-refractivity contribution in [1.82, 2.24) is 14.9 Å². The number of aromatic nitrogens is 2. The van der Waals surface area contributed by atoms with Crippen LogP contribution in [0.3, 0.4) is 0 Å². The van der Waals surface area contributed by atoms with E-state index in [1.165, 1.54) is 25.9 Å². The van der Waals surface area contributed by atoms with E-state index in [1.807, 2.05) is 4.90 Å². The predicted octanol–water partition coefficient (Wildman–Crippen LogP) is 2.45. The first-order valence-corrected chi connectivity index (χ1v) is 11.1. The third-order valence-corrected chi connectivity index (χ3v) is 6.00. The van der Waals surface area contributed by atoms with Crippen molar-refractivity contribution in [2.24, 2.45) is 11.8 Å². The number of likely N-dealkylation sites (tertiary alicyclic amines) is 1. The molecule has 1 aromatic rings. The number of nitrogens with two attached hydrogens (primary N) is 1. The van der Waals surface area contributed by atoms with Crippen LogP contribution in [0.25, 0.3) is 0 Å². The van der Waals surface area contributed by atoms with Gasteiger partial charge in [-0.2, -0.15) is 9.97 Å². The van der Waals surface area contributed by atoms with E-state index < -0.39 is 0 Å². The van der Waals surface area contributed by atoms with Gasteiger partial charge in [-0.1, -0.05) is 37.6 Å². The summed E-state index contributed by atoms with van der Waals surface area (Å²) >= 11 is 0. The van der Waals surface area contributed by atoms with Gasteiger partial charge >= 0.3 is 6.01 Å². The Bertz CT molecular complexity index is 818. The van der Waals surface area contributed by atoms with E-state index in [1.54, 1.807) is 0 Å². The highest BCUT2D eigenvalue weighted by Gasteiger charge is 2.31. The quantitative estimate of drug-likeness (QED) is 0.633. The van der Waals surface area contributed by atoms with Gasteiger partial charge in [0.05, 0.1) is 13.2 Å². The van der Waals surface area contributed by atoms with Gasteiger partial charge in [0.25, 0.3) is 0 Å². The van der Waals surface area contributed by atoms with Gasteiger partial charge in [-0.15, -0.1) is 0 Å². The molecule has 1 fully saturated rings. The van der Waals surface area contributed by atoms with Crippen LogP contribution in [0.1, 0.15) is 32.6 Å². The standard InChI is InChI=1S/C22H32N6O2/c1-2-3-12-30-22-25-20(23)19-21(26-22)28(15-18(29)24-19)14-17-9-5-4-8-16(17)13-27-10-6-7-11-27/h4-5,8-9,16-17H,2-3,6-7,10-15H2,1H3,(H,24,29)(H2,23,25,26). The molecule has 162 valence electrons. The summed E-state index contributed by atoms with van der Waals surface area (Å²) in [6.45, 7) is 7.01. The Morgan fingerprint density at radius 1 is 1.17 bits per heavy atom. The Morgan fingerprint density at radius 2 is 1.90 bits per heavy atom. The van der Waals surface area contributed by atoms with Crippen molar-refractivity contribution in [3.05, 3.63) is 24.3 Å². The van der Waals surface area contributed by atoms with Crippen LogP contribution in [0.4, 0.5) is 17.3 Å². The summed E-state index contributed by atoms with van der Waals surface area (Å²) in [5.41, 5.74) is 6.62. The van der Waals surface area contributed by atoms with E-state index in [0.29, 0.717) is 36.5 Å². The minimum Gasteiger partial charge on any atom is -0.463 e. The summed E-state index contributed by atoms with van der Waals surface area (Å²) in [6.07, 6.45) is 13.3. The van der Waals surface area contributed by atoms with Crippen LogP contribution in [0, 0.1) is 11.8 Å². The Kier molecular flexibility index (Phi) is 6.52. The normalized spacial score (nSPS) is 23.5. The Hall–Kier alpha value is -2.61. The first-order valence-electron chi connectivity index (χ1n) is 11.1. The fraction of sp³-hybridized carbons (Fsp3) is 0.591. The monoisotopic (exact) mass is 412 g/mol. The SMILES string of the molecule is CCCCOc1nc(N)c2c(n1)N(CC1C=CC=CC1CN1CCCC1)CC(=O)N2. The lowest BCUT2D eigenvalue weighted by molar-refractivity contribution is -0.115. The maximum Gasteiger partial charge on any atom is 0.320 e. The van der Waals surface area contributed by atoms with Crippen LogP contribution in [-0.2, 0) is 4.79 Å². The summed E-state index contributed by atoms with van der Waals surface area (Å²) in [5, 5.41) is 2.83. The molecular weight excluding hydrogens is 380 g/mol. The summed E-state index contributed by atoms with van der Waals surface area (Å²) in [5.74, 6) is 1.52. The number of carbonyl (C=O) groups excluding carboxylic acids is 1. The van der Waals surface area contributed by atoms with Gasteiger partial charge in [0.2, 0.25) is 5.91 Å². The average Bonchev–Trinajstić information content (AvgIpc) is 3.24. The number of unbranched alkanes of at least 4 members (excludes halogenated alkanes) is 1. The molecule has 0 spiro atoms. The molecule has 8 heteroatoms. The highest BCUT2D eigenvalue weighted by molar-refractivity contribution is 6.03. The van der Waals surface area contributed by atoms with Crippen LogP contribution >= 0.6 is 0 Å². The van der Waals surface area contributed by atoms with Crippen LogP contribution in [0.5, 0.6) is 6.01 Å². The summed E-state index contributed by atoms with van der Waals surface area (Å²) in [6, 6.07) is 0.272. The van der Waals surface area contributed by atoms with Gasteiger partial charge in [-0.05, 0) is 38.3 Å². The lowest BCUT2D eigenvalue weighted by atomic mass is 9.87. The second-order valence-electron chi connectivity index (χ2n) is 8.33. The summed E-state index contributed by atoms with van der Waals surface area (Å²) in [4.78, 5) is 25.7. The predicted molar refractivity (Wildman–Crippen MR) is 119 cm³/mol. The van der Waals surface area contributed by atoms with Crippen LogP contribution < -0.4 is 20.7 Å². The topological polar surface area (TPSA) is 96.6 Å². The number of fused-ring (bicyclic) bond motifs is 1. The molecule has 0 bridgehead atoms. The second-order valence-corrected chi connectivity index (χ2v) is 8.33. The number of nitrogens with zero attached hydrogens (tertiary/aromatic N) is 4. The number of hydrogen-bond acceptors (Lipinski definition) is 7. The van der Waals surface area contributed by atoms with Crippen molar-refractivity contribution >= 4 is 23.2 Å². The van der Waals surface area contributed by atoms with Crippen LogP contribution in [0.2, 0.25) is 0 Å². The molecule has 3 heterocycles. The first kappa shape index (κ1) is 20.7. The van der Waals surface area contributed by atoms with Gasteiger partial charge in [-0.25, -0.2) is 0 Å². The molecule has 3 aliphatic rings. The van der Waals surface area contributed by atoms with Crippen molar-refractivity contribution in [2.75, 3.05) is 55.3 Å². The molecule has 4 rings (SSSR count). The van der Waals surface area contributed by atoms with Gasteiger partial charge in [0.15, 0.2) is 11.6 Å². The Morgan fingerprint density at radius 3 is 2.63 bits per heavy atom. The average molecular weight is 413 g/mol. The molecule has 30 heavy (non-hydrogen) atoms. The lowest BCUT2D eigenvalue weighted by Crippen LogP contribution is -2.44. The van der Waals surface area contributed by atoms with E-state index in [2.05, 4.69) is 51.4 Å². The van der Waals surface area contributed by atoms with E-state index in [9.17, 15) is 4.79 Å². The maximum absolute atomic E-state index is 12.4. The van der Waals surface area contributed by atoms with Gasteiger partial charge in [-0.3, -0.25) is 4.79 Å². The molecule has 0 saturated carbocycles. The van der Waals surface area contributed by atoms with E-state index in [4.69, 9.17) is 10.5 Å². The maximum atomic E-state index is 12.4. The highest BCUT2D eigenvalue weighted by atomic mass is 16.5. The number of ether oxygens (including phenoxy) is 1. The first-order chi connectivity index (χ1) is 14.6. The van der Waals surface area contributed by atoms with Gasteiger partial charge in [0, 0.05) is 19.0 Å². The second kappa shape index (κ2) is 9.47. The fourth-order valence-electron chi connectivity index (χ4n) is 4.35. The van der Waals surface area contributed by atoms with E-state index in [-0.39, 0.29) is 24.3 Å². The number of nitrogens with one attached hydrogen (secondary N) is 1. The minimum atomic E-state index is -0.0936. The van der Waals surface area contributed by atoms with E-state index in [0.717, 1.165) is 19.4 Å². The fourth-order valence-corrected chi connectivity index (χ4v) is 4.35. The number of allylic oxidation sites excluding steroid dienone is 2. The molecule has 8 nitrogen and oxygen atoms in total. The number of hydrogen-bond donors (Lipinski definition) is 2. The number of carbonyl (C=O) groups is 1. The zero-order valence-electron chi connectivity index (χ0n) is 17.7. The van der Waals surface area contributed by atoms with Crippen molar-refractivity contribution in [3.63, 3.8) is 0 Å². The molecule has 2 atom stereocenters. The molecule has 1 saturated heterocycles. The third kappa shape index (κ3) is 4.75. The zero-order valence-corrected chi connectivity index (χ0v) is 17.7. The number of rotatable bonds is 8. The lowest BCUT2D eigenvalue weighted by Gasteiger charge is -2.35. The van der Waals surface area contributed by atoms with E-state index >= 15 is 0 Å². The molecule has 2 aliphatic heterocycles. The molecule has 0 radical (unpaired) electrons. The number of amides is 1. The number of anilines is 3. The van der Waals surface area contributed by atoms with Crippen LogP contribution in [-0.4, -0.2) is 60.1 Å². The molecule has 1 amide bonds. The zero-order chi connectivity index (χ0) is 20.9. The number of nitrogen functional groups attached to an aromatic ring is 1. The Balaban J connectivity index is 1.53. The van der Waals surface area contributed by atoms with Gasteiger partial charge < -0.3 is 25.6 Å². The largest absolute Gasteiger partial charge is 0.463 e. The molecule has 1 aromatic heterocycles. The molecule has 2 unspecified atom stereocenters. The van der Waals surface area contributed by atoms with Crippen LogP contribution in [0.15, 0.2) is 24.3 Å². The highest BCUT2D eigenvalue weighted by Crippen LogP contribution is 2.35. The minimum absolute atomic E-state index is 0.0936. The molecule has 1 aliphatic carbocycles. The smallest absolute Gasteiger partial charge is 0.320 e.